The molecule has 1 aromatic heterocycles. The molecule has 0 aliphatic carbocycles. The number of ether oxygens (including phenoxy) is 1. The third kappa shape index (κ3) is 6.01. The van der Waals surface area contributed by atoms with Gasteiger partial charge in [-0.2, -0.15) is 15.2 Å². The molecule has 0 radical (unpaired) electrons. The molecule has 2 atom stereocenters. The van der Waals surface area contributed by atoms with Crippen molar-refractivity contribution in [3.63, 3.8) is 0 Å². The minimum absolute atomic E-state index is 0.0119. The van der Waals surface area contributed by atoms with E-state index < -0.39 is 21.1 Å². The van der Waals surface area contributed by atoms with Crippen LogP contribution in [0.15, 0.2) is 36.4 Å². The summed E-state index contributed by atoms with van der Waals surface area (Å²) in [6.45, 7) is 3.58. The molecule has 4 heterocycles. The number of carbonyl (C=O) groups is 1. The third-order valence-electron chi connectivity index (χ3n) is 8.93. The van der Waals surface area contributed by atoms with E-state index >= 15 is 0 Å². The van der Waals surface area contributed by atoms with Gasteiger partial charge in [0.05, 0.1) is 35.8 Å². The maximum absolute atomic E-state index is 12.7. The number of hydrogen-bond acceptors (Lipinski definition) is 10. The molecule has 0 spiro atoms. The quantitative estimate of drug-likeness (QED) is 0.393. The average Bonchev–Trinajstić information content (AvgIpc) is 3.43. The van der Waals surface area contributed by atoms with Crippen molar-refractivity contribution in [2.45, 2.75) is 44.3 Å². The first-order valence-corrected chi connectivity index (χ1v) is 17.2. The van der Waals surface area contributed by atoms with Gasteiger partial charge in [0.15, 0.2) is 0 Å². The second-order valence-corrected chi connectivity index (χ2v) is 14.1. The molecule has 0 unspecified atom stereocenters. The van der Waals surface area contributed by atoms with Gasteiger partial charge in [-0.05, 0) is 50.4 Å². The lowest BCUT2D eigenvalue weighted by Crippen LogP contribution is -2.56. The Morgan fingerprint density at radius 3 is 2.61 bits per heavy atom. The van der Waals surface area contributed by atoms with Crippen LogP contribution in [-0.4, -0.2) is 98.1 Å². The number of carbonyl (C=O) groups excluding carboxylic acids is 1. The first kappa shape index (κ1) is 30.4. The second-order valence-electron chi connectivity index (χ2n) is 11.8. The van der Waals surface area contributed by atoms with Crippen molar-refractivity contribution in [2.75, 3.05) is 62.4 Å². The van der Waals surface area contributed by atoms with Gasteiger partial charge in [0.25, 0.3) is 0 Å². The number of aromatic nitrogens is 2. The number of amides is 1. The molecule has 1 amide bonds. The number of fused-ring (bicyclic) bond motifs is 2. The number of rotatable bonds is 6. The summed E-state index contributed by atoms with van der Waals surface area (Å²) in [6.07, 6.45) is 3.77. The van der Waals surface area contributed by atoms with E-state index in [1.807, 2.05) is 23.1 Å². The van der Waals surface area contributed by atoms with Crippen LogP contribution in [0.1, 0.15) is 30.5 Å². The molecule has 2 saturated heterocycles. The summed E-state index contributed by atoms with van der Waals surface area (Å²) < 4.78 is 30.4. The molecular weight excluding hydrogens is 602 g/mol. The van der Waals surface area contributed by atoms with E-state index in [0.717, 1.165) is 65.7 Å². The van der Waals surface area contributed by atoms with Gasteiger partial charge in [-0.25, -0.2) is 8.42 Å². The van der Waals surface area contributed by atoms with Gasteiger partial charge in [0.1, 0.15) is 12.4 Å². The lowest BCUT2D eigenvalue weighted by molar-refractivity contribution is 0.184. The molecule has 44 heavy (non-hydrogen) atoms. The van der Waals surface area contributed by atoms with Gasteiger partial charge < -0.3 is 24.3 Å². The Bertz CT molecular complexity index is 1720. The minimum atomic E-state index is -3.93. The van der Waals surface area contributed by atoms with Gasteiger partial charge in [-0.3, -0.25) is 4.79 Å². The van der Waals surface area contributed by atoms with E-state index in [-0.39, 0.29) is 25.6 Å². The zero-order chi connectivity index (χ0) is 31.0. The smallest absolute Gasteiger partial charge is 0.339 e. The van der Waals surface area contributed by atoms with Crippen molar-refractivity contribution in [1.82, 2.24) is 19.8 Å². The third-order valence-corrected chi connectivity index (χ3v) is 10.1. The molecular formula is C31H36ClN7O4S. The summed E-state index contributed by atoms with van der Waals surface area (Å²) in [5.41, 5.74) is 2.89. The average molecular weight is 638 g/mol. The Balaban J connectivity index is 1.34. The summed E-state index contributed by atoms with van der Waals surface area (Å²) >= 11 is 6.68. The standard InChI is InChI=1S/C31H36ClN7O4S/c1-36-14-5-8-23(36)20-43-30-34-26-19-37(27-10-4-7-21-6-3-9-25(32)28(21)27)15-12-24(26)29(35-30)38-16-17-39(22(18-38)11-13-33)31(40)44(2,41)42/h3-4,6-7,9-10,22-23H,5,8,11-12,14-20H2,1-2H3/t22-,23-/m0/s1. The summed E-state index contributed by atoms with van der Waals surface area (Å²) in [7, 11) is -1.84. The van der Waals surface area contributed by atoms with Crippen molar-refractivity contribution in [3.8, 4) is 12.1 Å². The van der Waals surface area contributed by atoms with E-state index in [1.54, 1.807) is 0 Å². The molecule has 0 bridgehead atoms. The maximum Gasteiger partial charge on any atom is 0.339 e. The maximum atomic E-state index is 12.7. The van der Waals surface area contributed by atoms with E-state index in [0.29, 0.717) is 37.2 Å². The topological polar surface area (TPSA) is 123 Å². The number of hydrogen-bond donors (Lipinski definition) is 0. The summed E-state index contributed by atoms with van der Waals surface area (Å²) in [4.78, 5) is 30.4. The number of anilines is 2. The predicted octanol–water partition coefficient (Wildman–Crippen LogP) is 3.89. The van der Waals surface area contributed by atoms with Crippen molar-refractivity contribution in [1.29, 1.82) is 5.26 Å². The van der Waals surface area contributed by atoms with Crippen LogP contribution in [0, 0.1) is 11.3 Å². The van der Waals surface area contributed by atoms with E-state index in [4.69, 9.17) is 26.3 Å². The fraction of sp³-hybridized carbons (Fsp3) is 0.484. The zero-order valence-electron chi connectivity index (χ0n) is 24.9. The summed E-state index contributed by atoms with van der Waals surface area (Å²) in [5.74, 6) is 0.717. The predicted molar refractivity (Wildman–Crippen MR) is 170 cm³/mol. The van der Waals surface area contributed by atoms with Gasteiger partial charge in [-0.1, -0.05) is 35.9 Å². The van der Waals surface area contributed by atoms with Crippen LogP contribution >= 0.6 is 11.6 Å². The molecule has 0 N–H and O–H groups in total. The molecule has 11 nitrogen and oxygen atoms in total. The van der Waals surface area contributed by atoms with Crippen LogP contribution in [0.25, 0.3) is 10.8 Å². The number of halogens is 1. The van der Waals surface area contributed by atoms with Gasteiger partial charge in [0, 0.05) is 55.1 Å². The Kier molecular flexibility index (Phi) is 8.55. The van der Waals surface area contributed by atoms with Crippen molar-refractivity contribution in [2.24, 2.45) is 0 Å². The van der Waals surface area contributed by atoms with Crippen molar-refractivity contribution >= 4 is 49.0 Å². The molecule has 13 heteroatoms. The van der Waals surface area contributed by atoms with E-state index in [2.05, 4.69) is 41.1 Å². The highest BCUT2D eigenvalue weighted by Gasteiger charge is 2.37. The Morgan fingerprint density at radius 2 is 1.89 bits per heavy atom. The van der Waals surface area contributed by atoms with Gasteiger partial charge >= 0.3 is 11.2 Å². The second kappa shape index (κ2) is 12.4. The van der Waals surface area contributed by atoms with E-state index in [1.165, 1.54) is 4.90 Å². The SMILES string of the molecule is CN1CCC[C@H]1COc1nc2c(c(N3CCN(C(=O)S(C)(=O)=O)[C@@H](CC#N)C3)n1)CCN(c1cccc3cccc(Cl)c13)C2. The first-order chi connectivity index (χ1) is 21.1. The first-order valence-electron chi connectivity index (χ1n) is 14.9. The number of sulfone groups is 1. The lowest BCUT2D eigenvalue weighted by atomic mass is 10.0. The Morgan fingerprint density at radius 1 is 1.09 bits per heavy atom. The molecule has 2 fully saturated rings. The van der Waals surface area contributed by atoms with Crippen LogP contribution in [0.2, 0.25) is 5.02 Å². The normalized spacial score (nSPS) is 20.9. The molecule has 3 aliphatic rings. The highest BCUT2D eigenvalue weighted by molar-refractivity contribution is 8.05. The molecule has 3 aromatic rings. The monoisotopic (exact) mass is 637 g/mol. The van der Waals surface area contributed by atoms with Crippen molar-refractivity contribution in [3.05, 3.63) is 52.7 Å². The van der Waals surface area contributed by atoms with Crippen LogP contribution in [0.5, 0.6) is 6.01 Å². The lowest BCUT2D eigenvalue weighted by Gasteiger charge is -2.42. The molecule has 0 saturated carbocycles. The number of piperazine rings is 1. The minimum Gasteiger partial charge on any atom is -0.462 e. The van der Waals surface area contributed by atoms with Crippen LogP contribution < -0.4 is 14.5 Å². The number of likely N-dealkylation sites (tertiary alicyclic amines) is 1. The van der Waals surface area contributed by atoms with Crippen LogP contribution in [0.4, 0.5) is 16.3 Å². The number of benzene rings is 2. The number of likely N-dealkylation sites (N-methyl/N-ethyl adjacent to an activating group) is 1. The van der Waals surface area contributed by atoms with Gasteiger partial charge in [0.2, 0.25) is 9.84 Å². The molecule has 3 aliphatic heterocycles. The summed E-state index contributed by atoms with van der Waals surface area (Å²) in [6, 6.07) is 14.2. The van der Waals surface area contributed by atoms with Gasteiger partial charge in [-0.15, -0.1) is 0 Å². The zero-order valence-corrected chi connectivity index (χ0v) is 26.5. The van der Waals surface area contributed by atoms with E-state index in [9.17, 15) is 18.5 Å². The highest BCUT2D eigenvalue weighted by atomic mass is 35.5. The summed E-state index contributed by atoms with van der Waals surface area (Å²) in [5, 5.41) is 11.3. The molecule has 232 valence electrons. The highest BCUT2D eigenvalue weighted by Crippen LogP contribution is 2.37. The molecule has 6 rings (SSSR count). The fourth-order valence-electron chi connectivity index (χ4n) is 6.60. The number of nitriles is 1. The largest absolute Gasteiger partial charge is 0.462 e. The fourth-order valence-corrected chi connectivity index (χ4v) is 7.55. The Labute approximate surface area is 262 Å². The Hall–Kier alpha value is -3.66. The molecule has 2 aromatic carbocycles. The van der Waals surface area contributed by atoms with Crippen LogP contribution in [-0.2, 0) is 22.8 Å². The number of nitrogens with zero attached hydrogens (tertiary/aromatic N) is 7. The van der Waals surface area contributed by atoms with Crippen molar-refractivity contribution < 1.29 is 17.9 Å². The van der Waals surface area contributed by atoms with Crippen LogP contribution in [0.3, 0.4) is 0 Å².